The lowest BCUT2D eigenvalue weighted by molar-refractivity contribution is 0.204. The van der Waals surface area contributed by atoms with Crippen molar-refractivity contribution in [3.8, 4) is 0 Å². The predicted molar refractivity (Wildman–Crippen MR) is 93.6 cm³/mol. The molecule has 0 bridgehead atoms. The van der Waals surface area contributed by atoms with Gasteiger partial charge < -0.3 is 4.74 Å². The van der Waals surface area contributed by atoms with Crippen molar-refractivity contribution in [2.24, 2.45) is 5.92 Å². The molecule has 22 heavy (non-hydrogen) atoms. The van der Waals surface area contributed by atoms with E-state index in [1.165, 1.54) is 24.8 Å². The summed E-state index contributed by atoms with van der Waals surface area (Å²) in [5.41, 5.74) is 5.71. The SMILES string of the molecule is CC1=C(OCc2cccnc2)C=CC(C(CBr)=C2CCC2)C1. The maximum absolute atomic E-state index is 5.97. The summed E-state index contributed by atoms with van der Waals surface area (Å²) in [5, 5.41) is 0.997. The Labute approximate surface area is 141 Å². The van der Waals surface area contributed by atoms with Crippen molar-refractivity contribution in [1.29, 1.82) is 0 Å². The second-order valence-electron chi connectivity index (χ2n) is 6.08. The lowest BCUT2D eigenvalue weighted by Crippen LogP contribution is -2.14. The van der Waals surface area contributed by atoms with Crippen LogP contribution in [0.25, 0.3) is 0 Å². The summed E-state index contributed by atoms with van der Waals surface area (Å²) in [6, 6.07) is 3.99. The van der Waals surface area contributed by atoms with Crippen molar-refractivity contribution in [1.82, 2.24) is 4.98 Å². The van der Waals surface area contributed by atoms with Crippen molar-refractivity contribution >= 4 is 15.9 Å². The molecule has 1 saturated carbocycles. The fraction of sp³-hybridized carbons (Fsp3) is 0.421. The highest BCUT2D eigenvalue weighted by Crippen LogP contribution is 2.37. The van der Waals surface area contributed by atoms with E-state index in [1.54, 1.807) is 17.3 Å². The Morgan fingerprint density at radius 1 is 1.41 bits per heavy atom. The van der Waals surface area contributed by atoms with Gasteiger partial charge in [0, 0.05) is 29.2 Å². The number of rotatable bonds is 5. The Morgan fingerprint density at radius 2 is 2.27 bits per heavy atom. The van der Waals surface area contributed by atoms with Gasteiger partial charge in [-0.05, 0) is 50.3 Å². The topological polar surface area (TPSA) is 22.1 Å². The first-order valence-corrected chi connectivity index (χ1v) is 9.06. The Bertz CT molecular complexity index is 610. The first-order chi connectivity index (χ1) is 10.8. The highest BCUT2D eigenvalue weighted by molar-refractivity contribution is 9.09. The van der Waals surface area contributed by atoms with E-state index in [1.807, 2.05) is 18.3 Å². The molecule has 0 spiro atoms. The van der Waals surface area contributed by atoms with E-state index < -0.39 is 0 Å². The van der Waals surface area contributed by atoms with Gasteiger partial charge in [0.25, 0.3) is 0 Å². The quantitative estimate of drug-likeness (QED) is 0.523. The van der Waals surface area contributed by atoms with E-state index in [2.05, 4.69) is 40.0 Å². The molecule has 0 amide bonds. The van der Waals surface area contributed by atoms with Crippen LogP contribution >= 0.6 is 15.9 Å². The number of hydrogen-bond acceptors (Lipinski definition) is 2. The fourth-order valence-electron chi connectivity index (χ4n) is 3.03. The van der Waals surface area contributed by atoms with Gasteiger partial charge in [0.2, 0.25) is 0 Å². The lowest BCUT2D eigenvalue weighted by Gasteiger charge is -2.28. The van der Waals surface area contributed by atoms with Crippen LogP contribution < -0.4 is 0 Å². The summed E-state index contributed by atoms with van der Waals surface area (Å²) in [5.74, 6) is 1.56. The standard InChI is InChI=1S/C19H22BrNO/c1-14-10-17(18(11-20)16-5-2-6-16)7-8-19(14)22-13-15-4-3-9-21-12-15/h3-4,7-9,12,17H,2,5-6,10-11,13H2,1H3. The maximum Gasteiger partial charge on any atom is 0.118 e. The van der Waals surface area contributed by atoms with E-state index in [-0.39, 0.29) is 0 Å². The van der Waals surface area contributed by atoms with Crippen LogP contribution in [-0.4, -0.2) is 10.3 Å². The average molecular weight is 360 g/mol. The van der Waals surface area contributed by atoms with Gasteiger partial charge in [-0.15, -0.1) is 0 Å². The van der Waals surface area contributed by atoms with Crippen LogP contribution in [0.2, 0.25) is 0 Å². The third-order valence-corrected chi connectivity index (χ3v) is 5.15. The highest BCUT2D eigenvalue weighted by atomic mass is 79.9. The van der Waals surface area contributed by atoms with Crippen molar-refractivity contribution in [3.63, 3.8) is 0 Å². The van der Waals surface area contributed by atoms with Gasteiger partial charge in [-0.25, -0.2) is 0 Å². The summed E-state index contributed by atoms with van der Waals surface area (Å²) in [6.45, 7) is 2.77. The van der Waals surface area contributed by atoms with Crippen molar-refractivity contribution < 1.29 is 4.74 Å². The number of hydrogen-bond donors (Lipinski definition) is 0. The third kappa shape index (κ3) is 3.52. The van der Waals surface area contributed by atoms with Gasteiger partial charge in [0.05, 0.1) is 0 Å². The zero-order valence-corrected chi connectivity index (χ0v) is 14.6. The molecule has 0 aromatic carbocycles. The largest absolute Gasteiger partial charge is 0.489 e. The van der Waals surface area contributed by atoms with Crippen LogP contribution in [0.1, 0.15) is 38.2 Å². The lowest BCUT2D eigenvalue weighted by atomic mass is 9.80. The molecule has 1 heterocycles. The number of aromatic nitrogens is 1. The van der Waals surface area contributed by atoms with E-state index >= 15 is 0 Å². The Kier molecular flexibility index (Phi) is 5.14. The zero-order valence-electron chi connectivity index (χ0n) is 13.0. The van der Waals surface area contributed by atoms with Crippen molar-refractivity contribution in [2.45, 2.75) is 39.2 Å². The van der Waals surface area contributed by atoms with E-state index in [0.717, 1.165) is 23.1 Å². The van der Waals surface area contributed by atoms with Gasteiger partial charge in [-0.1, -0.05) is 39.2 Å². The molecular weight excluding hydrogens is 338 g/mol. The zero-order chi connectivity index (χ0) is 15.4. The Balaban J connectivity index is 1.64. The van der Waals surface area contributed by atoms with Crippen molar-refractivity contribution in [2.75, 3.05) is 5.33 Å². The molecule has 2 aliphatic carbocycles. The van der Waals surface area contributed by atoms with Gasteiger partial charge in [-0.2, -0.15) is 0 Å². The molecule has 0 radical (unpaired) electrons. The van der Waals surface area contributed by atoms with Gasteiger partial charge in [-0.3, -0.25) is 4.98 Å². The highest BCUT2D eigenvalue weighted by Gasteiger charge is 2.23. The predicted octanol–water partition coefficient (Wildman–Crippen LogP) is 5.32. The van der Waals surface area contributed by atoms with E-state index in [0.29, 0.717) is 12.5 Å². The number of alkyl halides is 1. The van der Waals surface area contributed by atoms with Crippen LogP contribution in [0.3, 0.4) is 0 Å². The number of ether oxygens (including phenoxy) is 1. The monoisotopic (exact) mass is 359 g/mol. The second-order valence-corrected chi connectivity index (χ2v) is 6.64. The van der Waals surface area contributed by atoms with Crippen molar-refractivity contribution in [3.05, 3.63) is 64.7 Å². The minimum Gasteiger partial charge on any atom is -0.489 e. The molecule has 3 heteroatoms. The summed E-state index contributed by atoms with van der Waals surface area (Å²) in [4.78, 5) is 4.12. The number of allylic oxidation sites excluding steroid dienone is 5. The summed E-state index contributed by atoms with van der Waals surface area (Å²) < 4.78 is 5.97. The summed E-state index contributed by atoms with van der Waals surface area (Å²) in [6.07, 6.45) is 13.1. The summed E-state index contributed by atoms with van der Waals surface area (Å²) >= 11 is 3.68. The third-order valence-electron chi connectivity index (χ3n) is 4.55. The molecule has 1 aromatic heterocycles. The molecular formula is C19H22BrNO. The molecule has 0 aliphatic heterocycles. The Hall–Kier alpha value is -1.35. The Morgan fingerprint density at radius 3 is 2.86 bits per heavy atom. The number of halogens is 1. The molecule has 1 unspecified atom stereocenters. The molecule has 0 saturated heterocycles. The van der Waals surface area contributed by atoms with Gasteiger partial charge in [0.1, 0.15) is 12.4 Å². The smallest absolute Gasteiger partial charge is 0.118 e. The minimum absolute atomic E-state index is 0.542. The van der Waals surface area contributed by atoms with Crippen LogP contribution in [0, 0.1) is 5.92 Å². The molecule has 1 atom stereocenters. The number of pyridine rings is 1. The fourth-order valence-corrected chi connectivity index (χ4v) is 3.84. The minimum atomic E-state index is 0.542. The van der Waals surface area contributed by atoms with Crippen LogP contribution in [0.5, 0.6) is 0 Å². The molecule has 2 aliphatic rings. The average Bonchev–Trinajstić information content (AvgIpc) is 2.50. The summed E-state index contributed by atoms with van der Waals surface area (Å²) in [7, 11) is 0. The normalized spacial score (nSPS) is 20.8. The van der Waals surface area contributed by atoms with Gasteiger partial charge >= 0.3 is 0 Å². The molecule has 3 rings (SSSR count). The first kappa shape index (κ1) is 15.5. The molecule has 0 N–H and O–H groups in total. The van der Waals surface area contributed by atoms with Gasteiger partial charge in [0.15, 0.2) is 0 Å². The molecule has 1 aromatic rings. The van der Waals surface area contributed by atoms with E-state index in [4.69, 9.17) is 4.74 Å². The molecule has 116 valence electrons. The van der Waals surface area contributed by atoms with E-state index in [9.17, 15) is 0 Å². The molecule has 2 nitrogen and oxygen atoms in total. The molecule has 1 fully saturated rings. The van der Waals surface area contributed by atoms with Crippen LogP contribution in [0.4, 0.5) is 0 Å². The van der Waals surface area contributed by atoms with Crippen LogP contribution in [-0.2, 0) is 11.3 Å². The number of nitrogens with zero attached hydrogens (tertiary/aromatic N) is 1. The van der Waals surface area contributed by atoms with Crippen LogP contribution in [0.15, 0.2) is 59.2 Å². The second kappa shape index (κ2) is 7.28. The first-order valence-electron chi connectivity index (χ1n) is 7.94. The maximum atomic E-state index is 5.97.